The fourth-order valence-electron chi connectivity index (χ4n) is 2.28. The highest BCUT2D eigenvalue weighted by Gasteiger charge is 2.27. The third kappa shape index (κ3) is 2.82. The van der Waals surface area contributed by atoms with Gasteiger partial charge in [-0.15, -0.1) is 6.58 Å². The van der Waals surface area contributed by atoms with Crippen molar-refractivity contribution in [2.24, 2.45) is 0 Å². The molecule has 1 saturated heterocycles. The first-order valence-electron chi connectivity index (χ1n) is 5.79. The van der Waals surface area contributed by atoms with Gasteiger partial charge in [0.25, 0.3) is 0 Å². The van der Waals surface area contributed by atoms with E-state index in [9.17, 15) is 0 Å². The normalized spacial score (nSPS) is 31.4. The molecule has 0 aliphatic carbocycles. The Bertz CT molecular complexity index is 179. The molecule has 0 bridgehead atoms. The molecule has 14 heavy (non-hydrogen) atoms. The molecule has 2 heteroatoms. The molecule has 1 fully saturated rings. The minimum Gasteiger partial charge on any atom is -0.311 e. The lowest BCUT2D eigenvalue weighted by atomic mass is 10.0. The zero-order valence-corrected chi connectivity index (χ0v) is 9.79. The van der Waals surface area contributed by atoms with Gasteiger partial charge < -0.3 is 5.32 Å². The summed E-state index contributed by atoms with van der Waals surface area (Å²) in [5.74, 6) is 0. The Morgan fingerprint density at radius 1 is 1.64 bits per heavy atom. The molecule has 0 aromatic rings. The van der Waals surface area contributed by atoms with E-state index < -0.39 is 0 Å². The van der Waals surface area contributed by atoms with Crippen molar-refractivity contribution in [3.05, 3.63) is 12.7 Å². The maximum absolute atomic E-state index is 3.82. The molecular formula is C12H24N2. The molecule has 1 N–H and O–H groups in total. The van der Waals surface area contributed by atoms with E-state index in [1.165, 1.54) is 13.0 Å². The van der Waals surface area contributed by atoms with E-state index >= 15 is 0 Å². The molecule has 0 spiro atoms. The Hall–Kier alpha value is -0.340. The predicted octanol–water partition coefficient (Wildman–Crippen LogP) is 2.02. The van der Waals surface area contributed by atoms with Crippen molar-refractivity contribution >= 4 is 0 Å². The molecule has 82 valence electrons. The van der Waals surface area contributed by atoms with Gasteiger partial charge in [-0.3, -0.25) is 4.90 Å². The van der Waals surface area contributed by atoms with Crippen LogP contribution in [0.25, 0.3) is 0 Å². The molecular weight excluding hydrogens is 172 g/mol. The highest BCUT2D eigenvalue weighted by Crippen LogP contribution is 2.16. The molecule has 0 aromatic heterocycles. The Kier molecular flexibility index (Phi) is 4.63. The number of nitrogens with zero attached hydrogens (tertiary/aromatic N) is 1. The van der Waals surface area contributed by atoms with Crippen LogP contribution in [0.5, 0.6) is 0 Å². The van der Waals surface area contributed by atoms with Crippen molar-refractivity contribution in [3.63, 3.8) is 0 Å². The summed E-state index contributed by atoms with van der Waals surface area (Å²) >= 11 is 0. The van der Waals surface area contributed by atoms with E-state index in [0.29, 0.717) is 18.1 Å². The van der Waals surface area contributed by atoms with Crippen LogP contribution in [-0.2, 0) is 0 Å². The van der Waals surface area contributed by atoms with Crippen LogP contribution >= 0.6 is 0 Å². The Balaban J connectivity index is 2.55. The van der Waals surface area contributed by atoms with Gasteiger partial charge >= 0.3 is 0 Å². The van der Waals surface area contributed by atoms with Crippen LogP contribution in [0.2, 0.25) is 0 Å². The minimum atomic E-state index is 0.630. The van der Waals surface area contributed by atoms with E-state index in [2.05, 4.69) is 37.6 Å². The van der Waals surface area contributed by atoms with E-state index in [1.807, 2.05) is 6.08 Å². The molecule has 3 atom stereocenters. The third-order valence-corrected chi connectivity index (χ3v) is 3.20. The highest BCUT2D eigenvalue weighted by atomic mass is 15.2. The van der Waals surface area contributed by atoms with Gasteiger partial charge in [-0.25, -0.2) is 0 Å². The summed E-state index contributed by atoms with van der Waals surface area (Å²) in [5.41, 5.74) is 0. The van der Waals surface area contributed by atoms with E-state index in [1.54, 1.807) is 0 Å². The van der Waals surface area contributed by atoms with Gasteiger partial charge in [0.1, 0.15) is 0 Å². The number of nitrogens with one attached hydrogen (secondary N) is 1. The Morgan fingerprint density at radius 3 is 2.93 bits per heavy atom. The number of piperazine rings is 1. The van der Waals surface area contributed by atoms with Crippen molar-refractivity contribution in [2.45, 2.75) is 51.7 Å². The molecule has 0 amide bonds. The summed E-state index contributed by atoms with van der Waals surface area (Å²) in [6.45, 7) is 13.0. The van der Waals surface area contributed by atoms with Crippen LogP contribution in [0.3, 0.4) is 0 Å². The second-order valence-corrected chi connectivity index (χ2v) is 4.44. The second-order valence-electron chi connectivity index (χ2n) is 4.44. The first-order valence-corrected chi connectivity index (χ1v) is 5.79. The molecule has 2 nitrogen and oxygen atoms in total. The van der Waals surface area contributed by atoms with Crippen molar-refractivity contribution in [3.8, 4) is 0 Å². The zero-order chi connectivity index (χ0) is 10.6. The van der Waals surface area contributed by atoms with Crippen LogP contribution < -0.4 is 5.32 Å². The number of hydrogen-bond acceptors (Lipinski definition) is 2. The fraction of sp³-hybridized carbons (Fsp3) is 0.833. The van der Waals surface area contributed by atoms with Gasteiger partial charge in [0, 0.05) is 31.2 Å². The van der Waals surface area contributed by atoms with Crippen molar-refractivity contribution in [2.75, 3.05) is 13.1 Å². The van der Waals surface area contributed by atoms with Crippen LogP contribution in [-0.4, -0.2) is 36.1 Å². The maximum atomic E-state index is 3.82. The number of rotatable bonds is 4. The van der Waals surface area contributed by atoms with Crippen LogP contribution in [0.1, 0.15) is 33.6 Å². The standard InChI is InChI=1S/C12H24N2/c1-5-7-11(4)14-9-10(3)13-8-12(14)6-2/h5,10-13H,1,6-9H2,2-4H3. The zero-order valence-electron chi connectivity index (χ0n) is 9.79. The lowest BCUT2D eigenvalue weighted by Crippen LogP contribution is -2.57. The van der Waals surface area contributed by atoms with Gasteiger partial charge in [-0.2, -0.15) is 0 Å². The largest absolute Gasteiger partial charge is 0.311 e. The van der Waals surface area contributed by atoms with E-state index in [0.717, 1.165) is 13.0 Å². The lowest BCUT2D eigenvalue weighted by Gasteiger charge is -2.42. The van der Waals surface area contributed by atoms with Crippen LogP contribution in [0, 0.1) is 0 Å². The summed E-state index contributed by atoms with van der Waals surface area (Å²) in [7, 11) is 0. The van der Waals surface area contributed by atoms with Crippen LogP contribution in [0.15, 0.2) is 12.7 Å². The minimum absolute atomic E-state index is 0.630. The molecule has 1 rings (SSSR count). The third-order valence-electron chi connectivity index (χ3n) is 3.20. The topological polar surface area (TPSA) is 15.3 Å². The number of hydrogen-bond donors (Lipinski definition) is 1. The van der Waals surface area contributed by atoms with Gasteiger partial charge in [-0.1, -0.05) is 13.0 Å². The van der Waals surface area contributed by atoms with Gasteiger partial charge in [0.15, 0.2) is 0 Å². The SMILES string of the molecule is C=CCC(C)N1CC(C)NCC1CC. The first kappa shape index (κ1) is 11.7. The smallest absolute Gasteiger partial charge is 0.0221 e. The molecule has 3 unspecified atom stereocenters. The quantitative estimate of drug-likeness (QED) is 0.692. The second kappa shape index (κ2) is 5.52. The van der Waals surface area contributed by atoms with Crippen molar-refractivity contribution in [1.29, 1.82) is 0 Å². The van der Waals surface area contributed by atoms with E-state index in [4.69, 9.17) is 0 Å². The fourth-order valence-corrected chi connectivity index (χ4v) is 2.28. The summed E-state index contributed by atoms with van der Waals surface area (Å²) < 4.78 is 0. The lowest BCUT2D eigenvalue weighted by molar-refractivity contribution is 0.0917. The molecule has 1 heterocycles. The van der Waals surface area contributed by atoms with Crippen molar-refractivity contribution < 1.29 is 0 Å². The first-order chi connectivity index (χ1) is 6.69. The maximum Gasteiger partial charge on any atom is 0.0221 e. The Morgan fingerprint density at radius 2 is 2.36 bits per heavy atom. The summed E-state index contributed by atoms with van der Waals surface area (Å²) in [6, 6.07) is 1.98. The molecule has 0 aromatic carbocycles. The summed E-state index contributed by atoms with van der Waals surface area (Å²) in [4.78, 5) is 2.63. The summed E-state index contributed by atoms with van der Waals surface area (Å²) in [6.07, 6.45) is 4.37. The Labute approximate surface area is 88.4 Å². The summed E-state index contributed by atoms with van der Waals surface area (Å²) in [5, 5.41) is 3.54. The van der Waals surface area contributed by atoms with E-state index in [-0.39, 0.29) is 0 Å². The van der Waals surface area contributed by atoms with Crippen molar-refractivity contribution in [1.82, 2.24) is 10.2 Å². The average Bonchev–Trinajstić information content (AvgIpc) is 2.18. The van der Waals surface area contributed by atoms with Crippen LogP contribution in [0.4, 0.5) is 0 Å². The van der Waals surface area contributed by atoms with Gasteiger partial charge in [0.2, 0.25) is 0 Å². The van der Waals surface area contributed by atoms with Gasteiger partial charge in [0.05, 0.1) is 0 Å². The van der Waals surface area contributed by atoms with Gasteiger partial charge in [-0.05, 0) is 26.7 Å². The molecule has 0 saturated carbocycles. The average molecular weight is 196 g/mol. The predicted molar refractivity (Wildman–Crippen MR) is 62.5 cm³/mol. The molecule has 1 aliphatic rings. The molecule has 1 aliphatic heterocycles. The molecule has 0 radical (unpaired) electrons. The monoisotopic (exact) mass is 196 g/mol. The highest BCUT2D eigenvalue weighted by molar-refractivity contribution is 4.88.